The number of benzene rings is 8. The molecule has 2 amide bonds. The van der Waals surface area contributed by atoms with Gasteiger partial charge in [-0.15, -0.1) is 15.3 Å². The third-order valence-corrected chi connectivity index (χ3v) is 13.4. The Balaban J connectivity index is 0.000000241. The summed E-state index contributed by atoms with van der Waals surface area (Å²) in [6.45, 7) is 7.64. The van der Waals surface area contributed by atoms with Crippen LogP contribution in [-0.4, -0.2) is 93.8 Å². The molecule has 8 aromatic carbocycles. The Bertz CT molecular complexity index is 3530. The van der Waals surface area contributed by atoms with Crippen molar-refractivity contribution in [2.24, 2.45) is 20.5 Å². The molecule has 0 bridgehead atoms. The molecule has 0 aliphatic rings. The van der Waals surface area contributed by atoms with Crippen LogP contribution in [0, 0.1) is 13.8 Å². The number of anilines is 2. The normalized spacial score (nSPS) is 11.5. The molecular formula is C52H42CaCl2N6O12S2. The van der Waals surface area contributed by atoms with Crippen molar-refractivity contribution in [3.8, 4) is 23.0 Å². The average Bonchev–Trinajstić information content (AvgIpc) is 3.35. The fourth-order valence-corrected chi connectivity index (χ4v) is 9.31. The number of phenolic OH excluding ortho intramolecular Hbond substituents is 1. The maximum atomic E-state index is 13.3. The smallest absolute Gasteiger partial charge is 0.870 e. The van der Waals surface area contributed by atoms with E-state index in [1.165, 1.54) is 38.1 Å². The minimum absolute atomic E-state index is 0. The molecule has 0 radical (unpaired) electrons. The molecule has 0 unspecified atom stereocenters. The van der Waals surface area contributed by atoms with E-state index in [4.69, 9.17) is 32.7 Å². The molecule has 0 saturated carbocycles. The summed E-state index contributed by atoms with van der Waals surface area (Å²) in [6, 6.07) is 34.9. The first kappa shape index (κ1) is 57.6. The Labute approximate surface area is 470 Å². The predicted octanol–water partition coefficient (Wildman–Crippen LogP) is 12.3. The van der Waals surface area contributed by atoms with Gasteiger partial charge in [-0.1, -0.05) is 77.5 Å². The quantitative estimate of drug-likeness (QED) is 0.0449. The maximum Gasteiger partial charge on any atom is 2.00 e. The van der Waals surface area contributed by atoms with Crippen molar-refractivity contribution >= 4 is 149 Å². The van der Waals surface area contributed by atoms with E-state index in [1.807, 2.05) is 13.8 Å². The number of aromatic hydroxyl groups is 1. The van der Waals surface area contributed by atoms with Gasteiger partial charge in [0.2, 0.25) is 0 Å². The Kier molecular flexibility index (Phi) is 19.0. The zero-order chi connectivity index (χ0) is 53.5. The summed E-state index contributed by atoms with van der Waals surface area (Å²) in [5.41, 5.74) is 0.805. The largest absolute Gasteiger partial charge is 2.00 e. The van der Waals surface area contributed by atoms with Crippen LogP contribution in [0.4, 0.5) is 34.1 Å². The van der Waals surface area contributed by atoms with E-state index in [0.29, 0.717) is 57.6 Å². The van der Waals surface area contributed by atoms with Crippen LogP contribution in [0.2, 0.25) is 10.0 Å². The van der Waals surface area contributed by atoms with Crippen molar-refractivity contribution in [1.29, 1.82) is 0 Å². The molecule has 0 aliphatic heterocycles. The number of aryl methyl sites for hydroxylation is 2. The molecule has 0 saturated heterocycles. The van der Waals surface area contributed by atoms with Crippen molar-refractivity contribution in [2.45, 2.75) is 37.5 Å². The molecule has 0 aromatic heterocycles. The van der Waals surface area contributed by atoms with E-state index in [1.54, 1.807) is 97.1 Å². The van der Waals surface area contributed by atoms with Crippen LogP contribution >= 0.6 is 23.2 Å². The van der Waals surface area contributed by atoms with E-state index in [2.05, 4.69) is 31.1 Å². The van der Waals surface area contributed by atoms with Crippen molar-refractivity contribution in [2.75, 3.05) is 23.8 Å². The second-order valence-corrected chi connectivity index (χ2v) is 19.5. The van der Waals surface area contributed by atoms with E-state index in [-0.39, 0.29) is 97.7 Å². The van der Waals surface area contributed by atoms with Gasteiger partial charge in [0.15, 0.2) is 5.75 Å². The number of azo groups is 2. The second-order valence-electron chi connectivity index (χ2n) is 16.0. The third kappa shape index (κ3) is 14.0. The van der Waals surface area contributed by atoms with Gasteiger partial charge in [-0.3, -0.25) is 14.1 Å². The number of hydrogen-bond acceptors (Lipinski definition) is 15. The number of phenols is 1. The van der Waals surface area contributed by atoms with Crippen LogP contribution in [0.5, 0.6) is 23.0 Å². The molecule has 0 fully saturated rings. The number of carbonyl (C=O) groups excluding carboxylic acids is 2. The minimum Gasteiger partial charge on any atom is -0.870 e. The van der Waals surface area contributed by atoms with Crippen molar-refractivity contribution < 1.29 is 55.2 Å². The van der Waals surface area contributed by atoms with Gasteiger partial charge in [-0.2, -0.15) is 13.5 Å². The van der Waals surface area contributed by atoms with Gasteiger partial charge in [-0.25, -0.2) is 8.42 Å². The van der Waals surface area contributed by atoms with Crippen molar-refractivity contribution in [3.05, 3.63) is 166 Å². The second kappa shape index (κ2) is 24.7. The van der Waals surface area contributed by atoms with Gasteiger partial charge < -0.3 is 34.9 Å². The number of fused-ring (bicyclic) bond motifs is 2. The van der Waals surface area contributed by atoms with Gasteiger partial charge in [0, 0.05) is 27.7 Å². The summed E-state index contributed by atoms with van der Waals surface area (Å²) in [5, 5.41) is 48.1. The van der Waals surface area contributed by atoms with Gasteiger partial charge in [0.25, 0.3) is 21.9 Å². The zero-order valence-electron chi connectivity index (χ0n) is 40.2. The molecule has 4 N–H and O–H groups in total. The third-order valence-electron chi connectivity index (χ3n) is 10.9. The van der Waals surface area contributed by atoms with Crippen LogP contribution < -0.4 is 25.2 Å². The summed E-state index contributed by atoms with van der Waals surface area (Å²) in [4.78, 5) is 25.2. The molecule has 23 heteroatoms. The zero-order valence-corrected chi connectivity index (χ0v) is 45.5. The Morgan fingerprint density at radius 2 is 1.01 bits per heavy atom. The van der Waals surface area contributed by atoms with Crippen LogP contribution in [0.3, 0.4) is 0 Å². The van der Waals surface area contributed by atoms with E-state index >= 15 is 0 Å². The van der Waals surface area contributed by atoms with Gasteiger partial charge >= 0.3 is 37.7 Å². The molecule has 0 spiro atoms. The molecular weight excluding hydrogens is 1080 g/mol. The summed E-state index contributed by atoms with van der Waals surface area (Å²) in [7, 11) is -9.31. The first-order chi connectivity index (χ1) is 35.2. The molecule has 18 nitrogen and oxygen atoms in total. The summed E-state index contributed by atoms with van der Waals surface area (Å²) in [6.07, 6.45) is 0. The van der Waals surface area contributed by atoms with Crippen LogP contribution in [0.15, 0.2) is 164 Å². The Morgan fingerprint density at radius 3 is 1.48 bits per heavy atom. The fourth-order valence-electron chi connectivity index (χ4n) is 7.36. The predicted molar refractivity (Wildman–Crippen MR) is 284 cm³/mol. The summed E-state index contributed by atoms with van der Waals surface area (Å²) in [5.74, 6) is -1.05. The topological polar surface area (TPSA) is 281 Å². The van der Waals surface area contributed by atoms with Gasteiger partial charge in [0.05, 0.1) is 44.3 Å². The molecule has 8 aromatic rings. The SMILES string of the molecule is CCOc1ccc(NC(=O)c2cc3ccccc3c(N=Nc3cc(S(=O)(=O)O)c(C)cc3Cl)c2O)cc1.CCOc1ccc(NC(=O)c2cc3ccccc3c(N=Nc3cc(S(=O)(=O)[O-])c(C)cc3Cl)c2[O-])cc1.[Ca+2]. The monoisotopic (exact) mass is 1120 g/mol. The molecule has 0 heterocycles. The van der Waals surface area contributed by atoms with Gasteiger partial charge in [0.1, 0.15) is 38.7 Å². The molecule has 0 atom stereocenters. The number of amides is 2. The van der Waals surface area contributed by atoms with E-state index in [0.717, 1.165) is 12.1 Å². The average molecular weight is 1120 g/mol. The number of ether oxygens (including phenoxy) is 2. The number of nitrogens with one attached hydrogen (secondary N) is 2. The number of nitrogens with zero attached hydrogens (tertiary/aromatic N) is 4. The fraction of sp³-hybridized carbons (Fsp3) is 0.115. The summed E-state index contributed by atoms with van der Waals surface area (Å²) >= 11 is 12.4. The molecule has 8 rings (SSSR count). The first-order valence-electron chi connectivity index (χ1n) is 22.1. The molecule has 75 heavy (non-hydrogen) atoms. The van der Waals surface area contributed by atoms with Gasteiger partial charge in [-0.05, 0) is 135 Å². The van der Waals surface area contributed by atoms with Crippen LogP contribution in [0.1, 0.15) is 45.7 Å². The van der Waals surface area contributed by atoms with E-state index < -0.39 is 48.4 Å². The van der Waals surface area contributed by atoms with Crippen LogP contribution in [0.25, 0.3) is 21.5 Å². The summed E-state index contributed by atoms with van der Waals surface area (Å²) < 4.78 is 78.4. The Hall–Kier alpha value is -6.72. The minimum atomic E-state index is -4.79. The Morgan fingerprint density at radius 1 is 0.600 bits per heavy atom. The maximum absolute atomic E-state index is 13.3. The van der Waals surface area contributed by atoms with E-state index in [9.17, 15) is 45.7 Å². The number of rotatable bonds is 14. The first-order valence-corrected chi connectivity index (χ1v) is 25.7. The standard InChI is InChI=1S/2C26H22ClN3O6S.Ca/c2*1-3-36-18-10-8-17(9-11-18)28-26(32)20-13-16-6-4-5-7-19(16)24(25(20)31)30-29-22-14-23(37(33,34)35)15(2)12-21(22)27;/h2*4-14,31H,3H2,1-2H3,(H,28,32)(H,33,34,35);/q;;+2/p-2. The number of hydrogen-bond donors (Lipinski definition) is 4. The molecule has 0 aliphatic carbocycles. The number of halogens is 2. The van der Waals surface area contributed by atoms with Crippen LogP contribution in [-0.2, 0) is 20.2 Å². The molecule has 380 valence electrons. The van der Waals surface area contributed by atoms with Crippen molar-refractivity contribution in [3.63, 3.8) is 0 Å². The number of carbonyl (C=O) groups is 2. The van der Waals surface area contributed by atoms with Crippen molar-refractivity contribution in [1.82, 2.24) is 0 Å².